The lowest BCUT2D eigenvalue weighted by Gasteiger charge is -2.26. The van der Waals surface area contributed by atoms with Crippen LogP contribution in [0.3, 0.4) is 0 Å². The van der Waals surface area contributed by atoms with Crippen molar-refractivity contribution in [2.75, 3.05) is 59.7 Å². The molecule has 2 unspecified atom stereocenters. The van der Waals surface area contributed by atoms with E-state index in [0.717, 1.165) is 59.0 Å². The van der Waals surface area contributed by atoms with Crippen molar-refractivity contribution in [3.63, 3.8) is 0 Å². The summed E-state index contributed by atoms with van der Waals surface area (Å²) in [7, 11) is 2.17. The second kappa shape index (κ2) is 8.29. The Hall–Kier alpha value is -0.200. The first-order valence-electron chi connectivity index (χ1n) is 7.88. The summed E-state index contributed by atoms with van der Waals surface area (Å²) in [5, 5.41) is 0. The van der Waals surface area contributed by atoms with Crippen LogP contribution in [0.15, 0.2) is 0 Å². The van der Waals surface area contributed by atoms with Gasteiger partial charge in [0.2, 0.25) is 0 Å². The fraction of sp³-hybridized carbons (Fsp3) is 1.00. The minimum absolute atomic E-state index is 0.310. The number of likely N-dealkylation sites (tertiary alicyclic amines) is 1. The van der Waals surface area contributed by atoms with Crippen LogP contribution >= 0.6 is 0 Å². The van der Waals surface area contributed by atoms with Gasteiger partial charge >= 0.3 is 0 Å². The minimum atomic E-state index is 0.310. The zero-order valence-electron chi connectivity index (χ0n) is 13.2. The van der Waals surface area contributed by atoms with Crippen LogP contribution < -0.4 is 0 Å². The Morgan fingerprint density at radius 2 is 2.00 bits per heavy atom. The van der Waals surface area contributed by atoms with Gasteiger partial charge in [0.05, 0.1) is 38.6 Å². The first-order chi connectivity index (χ1) is 9.65. The average molecular weight is 286 g/mol. The van der Waals surface area contributed by atoms with Gasteiger partial charge in [0.25, 0.3) is 0 Å². The highest BCUT2D eigenvalue weighted by molar-refractivity contribution is 4.84. The summed E-state index contributed by atoms with van der Waals surface area (Å²) in [6.45, 7) is 11.7. The molecule has 2 rings (SSSR count). The summed E-state index contributed by atoms with van der Waals surface area (Å²) >= 11 is 0. The fourth-order valence-electron chi connectivity index (χ4n) is 2.82. The van der Waals surface area contributed by atoms with E-state index >= 15 is 0 Å². The zero-order valence-corrected chi connectivity index (χ0v) is 13.2. The number of likely N-dealkylation sites (N-methyl/N-ethyl adjacent to an activating group) is 1. The monoisotopic (exact) mass is 286 g/mol. The van der Waals surface area contributed by atoms with Crippen LogP contribution in [-0.2, 0) is 14.2 Å². The van der Waals surface area contributed by atoms with Gasteiger partial charge < -0.3 is 14.2 Å². The van der Waals surface area contributed by atoms with Gasteiger partial charge in [-0.25, -0.2) is 0 Å². The maximum Gasteiger partial charge on any atom is 0.0718 e. The summed E-state index contributed by atoms with van der Waals surface area (Å²) in [5.74, 6) is 0. The molecule has 0 radical (unpaired) electrons. The molecule has 5 nitrogen and oxygen atoms in total. The molecule has 0 aromatic heterocycles. The van der Waals surface area contributed by atoms with E-state index in [1.54, 1.807) is 0 Å². The molecule has 0 aliphatic carbocycles. The van der Waals surface area contributed by atoms with Crippen molar-refractivity contribution in [1.29, 1.82) is 0 Å². The maximum atomic E-state index is 6.03. The molecule has 0 aromatic carbocycles. The van der Waals surface area contributed by atoms with E-state index in [-0.39, 0.29) is 0 Å². The van der Waals surface area contributed by atoms with Crippen LogP contribution in [-0.4, -0.2) is 87.7 Å². The van der Waals surface area contributed by atoms with Crippen LogP contribution in [0, 0.1) is 0 Å². The molecule has 0 amide bonds. The van der Waals surface area contributed by atoms with Crippen molar-refractivity contribution in [2.24, 2.45) is 0 Å². The van der Waals surface area contributed by atoms with E-state index in [1.807, 2.05) is 0 Å². The van der Waals surface area contributed by atoms with Gasteiger partial charge in [0, 0.05) is 32.2 Å². The normalized spacial score (nSPS) is 29.4. The Balaban J connectivity index is 1.59. The van der Waals surface area contributed by atoms with E-state index < -0.39 is 0 Å². The predicted molar refractivity (Wildman–Crippen MR) is 79.1 cm³/mol. The van der Waals surface area contributed by atoms with E-state index in [2.05, 4.69) is 30.7 Å². The van der Waals surface area contributed by atoms with E-state index in [4.69, 9.17) is 14.2 Å². The fourth-order valence-corrected chi connectivity index (χ4v) is 2.82. The Kier molecular flexibility index (Phi) is 6.71. The Labute approximate surface area is 123 Å². The molecule has 118 valence electrons. The number of morpholine rings is 1. The molecular weight excluding hydrogens is 256 g/mol. The third-order valence-corrected chi connectivity index (χ3v) is 4.14. The van der Waals surface area contributed by atoms with E-state index in [1.165, 1.54) is 0 Å². The van der Waals surface area contributed by atoms with Crippen LogP contribution in [0.2, 0.25) is 0 Å². The predicted octanol–water partition coefficient (Wildman–Crippen LogP) is 0.833. The van der Waals surface area contributed by atoms with Gasteiger partial charge in [-0.1, -0.05) is 0 Å². The number of nitrogens with zero attached hydrogens (tertiary/aromatic N) is 2. The first-order valence-corrected chi connectivity index (χ1v) is 7.88. The molecule has 0 bridgehead atoms. The minimum Gasteiger partial charge on any atom is -0.379 e. The molecular formula is C15H30N2O3. The van der Waals surface area contributed by atoms with Gasteiger partial charge in [-0.15, -0.1) is 0 Å². The summed E-state index contributed by atoms with van der Waals surface area (Å²) < 4.78 is 17.1. The molecule has 5 heteroatoms. The van der Waals surface area contributed by atoms with Crippen LogP contribution in [0.25, 0.3) is 0 Å². The lowest BCUT2D eigenvalue weighted by atomic mass is 10.2. The smallest absolute Gasteiger partial charge is 0.0718 e. The lowest BCUT2D eigenvalue weighted by Crippen LogP contribution is -2.38. The molecule has 2 fully saturated rings. The molecule has 2 heterocycles. The standard InChI is InChI=1S/C15H30N2O3/c1-13(2)20-12-14-10-15(11-16(14)3)19-9-6-17-4-7-18-8-5-17/h13-15H,4-12H2,1-3H3. The summed E-state index contributed by atoms with van der Waals surface area (Å²) in [5.41, 5.74) is 0. The van der Waals surface area contributed by atoms with Crippen molar-refractivity contribution >= 4 is 0 Å². The summed E-state index contributed by atoms with van der Waals surface area (Å²) in [4.78, 5) is 4.78. The number of rotatable bonds is 7. The summed E-state index contributed by atoms with van der Waals surface area (Å²) in [6.07, 6.45) is 1.76. The van der Waals surface area contributed by atoms with Gasteiger partial charge in [0.1, 0.15) is 0 Å². The Bertz CT molecular complexity index is 270. The SMILES string of the molecule is CC(C)OCC1CC(OCCN2CCOCC2)CN1C. The van der Waals surface area contributed by atoms with Crippen LogP contribution in [0.5, 0.6) is 0 Å². The highest BCUT2D eigenvalue weighted by atomic mass is 16.5. The number of hydrogen-bond acceptors (Lipinski definition) is 5. The van der Waals surface area contributed by atoms with Crippen molar-refractivity contribution < 1.29 is 14.2 Å². The molecule has 2 atom stereocenters. The topological polar surface area (TPSA) is 34.2 Å². The van der Waals surface area contributed by atoms with Gasteiger partial charge in [-0.2, -0.15) is 0 Å². The molecule has 2 aliphatic heterocycles. The summed E-state index contributed by atoms with van der Waals surface area (Å²) in [6, 6.07) is 0.505. The van der Waals surface area contributed by atoms with E-state index in [9.17, 15) is 0 Å². The third kappa shape index (κ3) is 5.30. The van der Waals surface area contributed by atoms with Gasteiger partial charge in [-0.05, 0) is 27.3 Å². The molecule has 2 aliphatic rings. The van der Waals surface area contributed by atoms with E-state index in [0.29, 0.717) is 18.2 Å². The average Bonchev–Trinajstić information content (AvgIpc) is 2.78. The number of ether oxygens (including phenoxy) is 3. The Morgan fingerprint density at radius 3 is 2.70 bits per heavy atom. The molecule has 0 aromatic rings. The van der Waals surface area contributed by atoms with Crippen molar-refractivity contribution in [3.8, 4) is 0 Å². The maximum absolute atomic E-state index is 6.03. The molecule has 0 spiro atoms. The quantitative estimate of drug-likeness (QED) is 0.692. The molecule has 20 heavy (non-hydrogen) atoms. The Morgan fingerprint density at radius 1 is 1.25 bits per heavy atom. The number of hydrogen-bond donors (Lipinski definition) is 0. The highest BCUT2D eigenvalue weighted by Gasteiger charge is 2.30. The highest BCUT2D eigenvalue weighted by Crippen LogP contribution is 2.19. The zero-order chi connectivity index (χ0) is 14.4. The largest absolute Gasteiger partial charge is 0.379 e. The second-order valence-corrected chi connectivity index (χ2v) is 6.16. The van der Waals surface area contributed by atoms with Gasteiger partial charge in [-0.3, -0.25) is 9.80 Å². The van der Waals surface area contributed by atoms with Crippen LogP contribution in [0.1, 0.15) is 20.3 Å². The third-order valence-electron chi connectivity index (χ3n) is 4.14. The van der Waals surface area contributed by atoms with Crippen molar-refractivity contribution in [3.05, 3.63) is 0 Å². The lowest BCUT2D eigenvalue weighted by molar-refractivity contribution is 0.00400. The van der Waals surface area contributed by atoms with Gasteiger partial charge in [0.15, 0.2) is 0 Å². The molecule has 0 N–H and O–H groups in total. The molecule has 2 saturated heterocycles. The van der Waals surface area contributed by atoms with Crippen molar-refractivity contribution in [2.45, 2.75) is 38.5 Å². The second-order valence-electron chi connectivity index (χ2n) is 6.16. The van der Waals surface area contributed by atoms with Crippen molar-refractivity contribution in [1.82, 2.24) is 9.80 Å². The first kappa shape index (κ1) is 16.2. The van der Waals surface area contributed by atoms with Crippen LogP contribution in [0.4, 0.5) is 0 Å². The molecule has 0 saturated carbocycles.